The van der Waals surface area contributed by atoms with E-state index in [1.807, 2.05) is 11.8 Å². The topological polar surface area (TPSA) is 35.6 Å². The van der Waals surface area contributed by atoms with Crippen molar-refractivity contribution in [3.05, 3.63) is 0 Å². The molecule has 0 unspecified atom stereocenters. The lowest BCUT2D eigenvalue weighted by Gasteiger charge is -2.36. The SMILES string of the molecule is CC(C)N(CC(F)(F)F)C(=O)CN1CCNC[C@@H]1C. The molecule has 0 aliphatic carbocycles. The first-order chi connectivity index (χ1) is 8.70. The van der Waals surface area contributed by atoms with Crippen molar-refractivity contribution in [2.24, 2.45) is 0 Å². The van der Waals surface area contributed by atoms with E-state index in [4.69, 9.17) is 0 Å². The highest BCUT2D eigenvalue weighted by Crippen LogP contribution is 2.18. The third-order valence-electron chi connectivity index (χ3n) is 3.27. The van der Waals surface area contributed by atoms with Crippen LogP contribution in [0.2, 0.25) is 0 Å². The zero-order valence-electron chi connectivity index (χ0n) is 11.6. The van der Waals surface area contributed by atoms with Gasteiger partial charge in [0.05, 0.1) is 6.54 Å². The number of nitrogens with one attached hydrogen (secondary N) is 1. The monoisotopic (exact) mass is 281 g/mol. The van der Waals surface area contributed by atoms with Crippen LogP contribution in [-0.4, -0.2) is 66.7 Å². The van der Waals surface area contributed by atoms with Crippen LogP contribution in [0.3, 0.4) is 0 Å². The van der Waals surface area contributed by atoms with E-state index >= 15 is 0 Å². The van der Waals surface area contributed by atoms with E-state index in [-0.39, 0.29) is 12.6 Å². The van der Waals surface area contributed by atoms with Gasteiger partial charge in [-0.3, -0.25) is 9.69 Å². The first-order valence-corrected chi connectivity index (χ1v) is 6.51. The average Bonchev–Trinajstić information content (AvgIpc) is 2.27. The Labute approximate surface area is 111 Å². The van der Waals surface area contributed by atoms with Gasteiger partial charge in [-0.05, 0) is 20.8 Å². The maximum absolute atomic E-state index is 12.5. The fourth-order valence-corrected chi connectivity index (χ4v) is 2.13. The van der Waals surface area contributed by atoms with Crippen LogP contribution in [0.25, 0.3) is 0 Å². The van der Waals surface area contributed by atoms with E-state index in [1.54, 1.807) is 13.8 Å². The van der Waals surface area contributed by atoms with Gasteiger partial charge in [-0.1, -0.05) is 0 Å². The van der Waals surface area contributed by atoms with Gasteiger partial charge < -0.3 is 10.2 Å². The van der Waals surface area contributed by atoms with Gasteiger partial charge in [0, 0.05) is 31.7 Å². The molecule has 7 heteroatoms. The van der Waals surface area contributed by atoms with Gasteiger partial charge in [-0.2, -0.15) is 13.2 Å². The van der Waals surface area contributed by atoms with Gasteiger partial charge in [0.2, 0.25) is 5.91 Å². The molecule has 0 bridgehead atoms. The summed E-state index contributed by atoms with van der Waals surface area (Å²) in [5.41, 5.74) is 0. The van der Waals surface area contributed by atoms with Crippen molar-refractivity contribution in [3.63, 3.8) is 0 Å². The highest BCUT2D eigenvalue weighted by molar-refractivity contribution is 5.78. The quantitative estimate of drug-likeness (QED) is 0.837. The summed E-state index contributed by atoms with van der Waals surface area (Å²) in [6.07, 6.45) is -4.35. The van der Waals surface area contributed by atoms with Crippen molar-refractivity contribution in [1.29, 1.82) is 0 Å². The maximum Gasteiger partial charge on any atom is 0.406 e. The molecule has 4 nitrogen and oxygen atoms in total. The Kier molecular flexibility index (Phi) is 5.61. The number of hydrogen-bond donors (Lipinski definition) is 1. The van der Waals surface area contributed by atoms with Crippen LogP contribution in [0, 0.1) is 0 Å². The van der Waals surface area contributed by atoms with Crippen LogP contribution < -0.4 is 5.32 Å². The standard InChI is InChI=1S/C12H22F3N3O/c1-9(2)18(8-12(13,14)15)11(19)7-17-5-4-16-6-10(17)3/h9-10,16H,4-8H2,1-3H3/t10-/m0/s1. The van der Waals surface area contributed by atoms with Gasteiger partial charge in [-0.25, -0.2) is 0 Å². The Balaban J connectivity index is 2.61. The number of hydrogen-bond acceptors (Lipinski definition) is 3. The minimum atomic E-state index is -4.35. The Hall–Kier alpha value is -0.820. The van der Waals surface area contributed by atoms with E-state index < -0.39 is 24.7 Å². The summed E-state index contributed by atoms with van der Waals surface area (Å²) in [4.78, 5) is 14.9. The molecular weight excluding hydrogens is 259 g/mol. The van der Waals surface area contributed by atoms with E-state index in [0.717, 1.165) is 18.0 Å². The van der Waals surface area contributed by atoms with Crippen molar-refractivity contribution in [1.82, 2.24) is 15.1 Å². The Bertz CT molecular complexity index is 307. The summed E-state index contributed by atoms with van der Waals surface area (Å²) in [6, 6.07) is -0.287. The number of carbonyl (C=O) groups is 1. The second-order valence-electron chi connectivity index (χ2n) is 5.25. The van der Waals surface area contributed by atoms with Crippen LogP contribution in [0.15, 0.2) is 0 Å². The largest absolute Gasteiger partial charge is 0.406 e. The zero-order chi connectivity index (χ0) is 14.6. The molecule has 19 heavy (non-hydrogen) atoms. The second kappa shape index (κ2) is 6.56. The molecule has 1 fully saturated rings. The van der Waals surface area contributed by atoms with Crippen LogP contribution in [-0.2, 0) is 4.79 Å². The molecule has 1 aliphatic heterocycles. The molecular formula is C12H22F3N3O. The maximum atomic E-state index is 12.5. The molecule has 1 atom stereocenters. The highest BCUT2D eigenvalue weighted by atomic mass is 19.4. The molecule has 0 spiro atoms. The fourth-order valence-electron chi connectivity index (χ4n) is 2.13. The summed E-state index contributed by atoms with van der Waals surface area (Å²) in [7, 11) is 0. The minimum Gasteiger partial charge on any atom is -0.330 e. The average molecular weight is 281 g/mol. The number of halogens is 3. The number of nitrogens with zero attached hydrogens (tertiary/aromatic N) is 2. The van der Waals surface area contributed by atoms with Gasteiger partial charge in [0.15, 0.2) is 0 Å². The number of rotatable bonds is 4. The van der Waals surface area contributed by atoms with Crippen LogP contribution in [0.4, 0.5) is 13.2 Å². The van der Waals surface area contributed by atoms with Crippen LogP contribution in [0.5, 0.6) is 0 Å². The second-order valence-corrected chi connectivity index (χ2v) is 5.25. The van der Waals surface area contributed by atoms with E-state index in [1.165, 1.54) is 0 Å². The van der Waals surface area contributed by atoms with E-state index in [2.05, 4.69) is 5.32 Å². The summed E-state index contributed by atoms with van der Waals surface area (Å²) in [6.45, 7) is 6.25. The third kappa shape index (κ3) is 5.36. The van der Waals surface area contributed by atoms with Gasteiger partial charge in [0.1, 0.15) is 6.54 Å². The molecule has 0 aromatic carbocycles. The molecule has 1 amide bonds. The first kappa shape index (κ1) is 16.2. The normalized spacial score (nSPS) is 21.7. The van der Waals surface area contributed by atoms with Crippen molar-refractivity contribution in [3.8, 4) is 0 Å². The first-order valence-electron chi connectivity index (χ1n) is 6.51. The molecule has 1 rings (SSSR count). The molecule has 1 N–H and O–H groups in total. The summed E-state index contributed by atoms with van der Waals surface area (Å²) in [5, 5.41) is 3.18. The predicted octanol–water partition coefficient (Wildman–Crippen LogP) is 1.08. The molecule has 1 aliphatic rings. The van der Waals surface area contributed by atoms with Crippen molar-refractivity contribution >= 4 is 5.91 Å². The Morgan fingerprint density at radius 3 is 2.58 bits per heavy atom. The zero-order valence-corrected chi connectivity index (χ0v) is 11.6. The van der Waals surface area contributed by atoms with Crippen LogP contribution >= 0.6 is 0 Å². The molecule has 0 radical (unpaired) electrons. The summed E-state index contributed by atoms with van der Waals surface area (Å²) in [5.74, 6) is -0.457. The molecule has 112 valence electrons. The number of alkyl halides is 3. The van der Waals surface area contributed by atoms with Gasteiger partial charge >= 0.3 is 6.18 Å². The third-order valence-corrected chi connectivity index (χ3v) is 3.27. The lowest BCUT2D eigenvalue weighted by atomic mass is 10.2. The van der Waals surface area contributed by atoms with Crippen molar-refractivity contribution in [2.75, 3.05) is 32.7 Å². The Morgan fingerprint density at radius 2 is 2.11 bits per heavy atom. The molecule has 0 aromatic heterocycles. The smallest absolute Gasteiger partial charge is 0.330 e. The summed E-state index contributed by atoms with van der Waals surface area (Å²) < 4.78 is 37.4. The molecule has 0 saturated carbocycles. The summed E-state index contributed by atoms with van der Waals surface area (Å²) >= 11 is 0. The molecule has 1 heterocycles. The number of carbonyl (C=O) groups excluding carboxylic acids is 1. The molecule has 0 aromatic rings. The number of amides is 1. The minimum absolute atomic E-state index is 0.0527. The fraction of sp³-hybridized carbons (Fsp3) is 0.917. The van der Waals surface area contributed by atoms with Crippen molar-refractivity contribution in [2.45, 2.75) is 39.0 Å². The van der Waals surface area contributed by atoms with E-state index in [9.17, 15) is 18.0 Å². The van der Waals surface area contributed by atoms with Gasteiger partial charge in [-0.15, -0.1) is 0 Å². The van der Waals surface area contributed by atoms with Crippen LogP contribution in [0.1, 0.15) is 20.8 Å². The molecule has 1 saturated heterocycles. The predicted molar refractivity (Wildman–Crippen MR) is 66.8 cm³/mol. The number of piperazine rings is 1. The Morgan fingerprint density at radius 1 is 1.47 bits per heavy atom. The van der Waals surface area contributed by atoms with E-state index in [0.29, 0.717) is 6.54 Å². The van der Waals surface area contributed by atoms with Gasteiger partial charge in [0.25, 0.3) is 0 Å². The highest BCUT2D eigenvalue weighted by Gasteiger charge is 2.35. The van der Waals surface area contributed by atoms with Crippen molar-refractivity contribution < 1.29 is 18.0 Å². The lowest BCUT2D eigenvalue weighted by Crippen LogP contribution is -2.54. The lowest BCUT2D eigenvalue weighted by molar-refractivity contribution is -0.165.